The molecule has 0 aromatic rings. The smallest absolute Gasteiger partial charge is 0.306 e. The van der Waals surface area contributed by atoms with Crippen molar-refractivity contribution in [1.29, 1.82) is 0 Å². The number of hydrogen-bond acceptors (Lipinski definition) is 5. The zero-order valence-corrected chi connectivity index (χ0v) is 45.1. The molecule has 0 saturated carbocycles. The Kier molecular flexibility index (Phi) is 55.9. The Balaban J connectivity index is 4.32. The predicted octanol–water partition coefficient (Wildman–Crippen LogP) is 20.0. The summed E-state index contributed by atoms with van der Waals surface area (Å²) in [6, 6.07) is 0. The molecule has 0 heterocycles. The van der Waals surface area contributed by atoms with Gasteiger partial charge in [0.25, 0.3) is 0 Å². The van der Waals surface area contributed by atoms with E-state index in [2.05, 4.69) is 106 Å². The molecule has 0 amide bonds. The van der Waals surface area contributed by atoms with Gasteiger partial charge in [-0.25, -0.2) is 0 Å². The first-order chi connectivity index (χ1) is 33.6. The Hall–Kier alpha value is -2.92. The van der Waals surface area contributed by atoms with Crippen LogP contribution in [0.25, 0.3) is 0 Å². The highest BCUT2D eigenvalue weighted by molar-refractivity contribution is 5.70. The fraction of sp³-hybridized carbons (Fsp3) is 0.746. The van der Waals surface area contributed by atoms with Gasteiger partial charge in [0.1, 0.15) is 6.61 Å². The summed E-state index contributed by atoms with van der Waals surface area (Å²) in [7, 11) is 0. The van der Waals surface area contributed by atoms with Crippen LogP contribution < -0.4 is 0 Å². The van der Waals surface area contributed by atoms with Crippen LogP contribution >= 0.6 is 0 Å². The molecule has 0 aromatic heterocycles. The molecule has 0 aliphatic heterocycles. The lowest BCUT2D eigenvalue weighted by molar-refractivity contribution is -0.163. The Bertz CT molecular complexity index is 1250. The quantitative estimate of drug-likeness (QED) is 0.0345. The second-order valence-corrected chi connectivity index (χ2v) is 19.2. The molecule has 392 valence electrons. The lowest BCUT2D eigenvalue weighted by Gasteiger charge is -2.18. The molecule has 1 unspecified atom stereocenters. The van der Waals surface area contributed by atoms with Crippen LogP contribution in [0.4, 0.5) is 0 Å². The number of carbonyl (C=O) groups is 2. The summed E-state index contributed by atoms with van der Waals surface area (Å²) in [5.74, 6) is -0.417. The number of rotatable bonds is 53. The zero-order valence-electron chi connectivity index (χ0n) is 45.1. The van der Waals surface area contributed by atoms with E-state index in [-0.39, 0.29) is 25.2 Å². The number of esters is 2. The van der Waals surface area contributed by atoms with Gasteiger partial charge in [-0.05, 0) is 116 Å². The standard InChI is InChI=1S/C63H110O5/c1-4-7-10-13-16-19-22-25-28-30-31-32-34-37-40-43-46-49-52-55-58-66-59-61(68-63(65)57-54-51-48-45-42-39-35-27-24-21-18-15-12-9-6-3)60-67-62(64)56-53-50-47-44-41-38-36-33-29-26-23-20-17-14-11-8-5-2/h7,10,16-17,19-20,25-29,31-32,35,61H,4-6,8-9,11-15,18,21-24,30,33-34,36-60H2,1-3H3/b10-7-,19-16-,20-17-,28-25-,29-26-,32-31-,35-27-. The molecule has 0 aliphatic carbocycles. The molecule has 1 atom stereocenters. The van der Waals surface area contributed by atoms with E-state index in [1.165, 1.54) is 154 Å². The van der Waals surface area contributed by atoms with Crippen LogP contribution in [0.2, 0.25) is 0 Å². The normalized spacial score (nSPS) is 12.8. The van der Waals surface area contributed by atoms with Crippen molar-refractivity contribution in [1.82, 2.24) is 0 Å². The summed E-state index contributed by atoms with van der Waals surface area (Å²) in [6.07, 6.45) is 77.4. The van der Waals surface area contributed by atoms with Crippen molar-refractivity contribution >= 4 is 11.9 Å². The molecular formula is C63H110O5. The van der Waals surface area contributed by atoms with E-state index in [0.717, 1.165) is 89.9 Å². The maximum absolute atomic E-state index is 12.9. The molecule has 0 bridgehead atoms. The number of allylic oxidation sites excluding steroid dienone is 14. The first-order valence-electron chi connectivity index (χ1n) is 29.1. The third kappa shape index (κ3) is 55.7. The average molecular weight is 948 g/mol. The molecule has 0 radical (unpaired) electrons. The van der Waals surface area contributed by atoms with E-state index in [1.54, 1.807) is 0 Å². The van der Waals surface area contributed by atoms with Crippen LogP contribution in [0.1, 0.15) is 278 Å². The largest absolute Gasteiger partial charge is 0.462 e. The SMILES string of the molecule is CC/C=C\C/C=C\C/C=C\C/C=C\CCCCCCCCCOCC(COC(=O)CCCCCCCCC/C=C\C/C=C\CCCCC)OC(=O)CCCCCCC/C=C\CCCCCCCC. The summed E-state index contributed by atoms with van der Waals surface area (Å²) in [4.78, 5) is 25.5. The molecule has 68 heavy (non-hydrogen) atoms. The molecule has 0 rings (SSSR count). The number of unbranched alkanes of at least 4 members (excludes halogenated alkanes) is 28. The third-order valence-corrected chi connectivity index (χ3v) is 12.4. The molecule has 0 spiro atoms. The van der Waals surface area contributed by atoms with Crippen molar-refractivity contribution in [2.75, 3.05) is 19.8 Å². The van der Waals surface area contributed by atoms with Crippen LogP contribution in [0.5, 0.6) is 0 Å². The highest BCUT2D eigenvalue weighted by atomic mass is 16.6. The maximum Gasteiger partial charge on any atom is 0.306 e. The zero-order chi connectivity index (χ0) is 49.2. The van der Waals surface area contributed by atoms with Crippen LogP contribution in [-0.4, -0.2) is 37.9 Å². The van der Waals surface area contributed by atoms with Gasteiger partial charge in [0.05, 0.1) is 6.61 Å². The van der Waals surface area contributed by atoms with E-state index in [0.29, 0.717) is 19.4 Å². The molecular weight excluding hydrogens is 837 g/mol. The summed E-state index contributed by atoms with van der Waals surface area (Å²) in [5, 5.41) is 0. The molecule has 5 heteroatoms. The Labute approximate surface area is 422 Å². The van der Waals surface area contributed by atoms with Gasteiger partial charge in [-0.15, -0.1) is 0 Å². The van der Waals surface area contributed by atoms with E-state index in [9.17, 15) is 9.59 Å². The minimum Gasteiger partial charge on any atom is -0.462 e. The molecule has 0 aromatic carbocycles. The second-order valence-electron chi connectivity index (χ2n) is 19.2. The fourth-order valence-electron chi connectivity index (χ4n) is 8.06. The Morgan fingerprint density at radius 2 is 0.662 bits per heavy atom. The summed E-state index contributed by atoms with van der Waals surface area (Å²) in [6.45, 7) is 7.67. The number of ether oxygens (including phenoxy) is 3. The van der Waals surface area contributed by atoms with Gasteiger partial charge in [0.15, 0.2) is 6.10 Å². The minimum atomic E-state index is -0.554. The van der Waals surface area contributed by atoms with Gasteiger partial charge in [0.2, 0.25) is 0 Å². The van der Waals surface area contributed by atoms with Gasteiger partial charge < -0.3 is 14.2 Å². The van der Waals surface area contributed by atoms with E-state index >= 15 is 0 Å². The first-order valence-corrected chi connectivity index (χ1v) is 29.1. The van der Waals surface area contributed by atoms with E-state index in [1.807, 2.05) is 0 Å². The topological polar surface area (TPSA) is 61.8 Å². The molecule has 0 N–H and O–H groups in total. The molecule has 0 fully saturated rings. The second kappa shape index (κ2) is 58.4. The Morgan fingerprint density at radius 3 is 1.10 bits per heavy atom. The molecule has 5 nitrogen and oxygen atoms in total. The van der Waals surface area contributed by atoms with Crippen LogP contribution in [0.15, 0.2) is 85.1 Å². The minimum absolute atomic E-state index is 0.0710. The third-order valence-electron chi connectivity index (χ3n) is 12.4. The predicted molar refractivity (Wildman–Crippen MR) is 297 cm³/mol. The van der Waals surface area contributed by atoms with Crippen LogP contribution in [0.3, 0.4) is 0 Å². The van der Waals surface area contributed by atoms with Crippen molar-refractivity contribution in [3.8, 4) is 0 Å². The molecule has 0 aliphatic rings. The van der Waals surface area contributed by atoms with Gasteiger partial charge in [0, 0.05) is 19.4 Å². The fourth-order valence-corrected chi connectivity index (χ4v) is 8.06. The van der Waals surface area contributed by atoms with E-state index in [4.69, 9.17) is 14.2 Å². The number of hydrogen-bond donors (Lipinski definition) is 0. The Morgan fingerprint density at radius 1 is 0.338 bits per heavy atom. The molecule has 0 saturated heterocycles. The monoisotopic (exact) mass is 947 g/mol. The van der Waals surface area contributed by atoms with Crippen molar-refractivity contribution in [3.63, 3.8) is 0 Å². The lowest BCUT2D eigenvalue weighted by Crippen LogP contribution is -2.30. The van der Waals surface area contributed by atoms with Gasteiger partial charge in [-0.1, -0.05) is 234 Å². The average Bonchev–Trinajstić information content (AvgIpc) is 3.34. The van der Waals surface area contributed by atoms with Crippen LogP contribution in [-0.2, 0) is 23.8 Å². The highest BCUT2D eigenvalue weighted by Gasteiger charge is 2.17. The van der Waals surface area contributed by atoms with Gasteiger partial charge >= 0.3 is 11.9 Å². The van der Waals surface area contributed by atoms with Gasteiger partial charge in [-0.3, -0.25) is 9.59 Å². The van der Waals surface area contributed by atoms with Gasteiger partial charge in [-0.2, -0.15) is 0 Å². The highest BCUT2D eigenvalue weighted by Crippen LogP contribution is 2.14. The van der Waals surface area contributed by atoms with Crippen molar-refractivity contribution in [3.05, 3.63) is 85.1 Å². The van der Waals surface area contributed by atoms with E-state index < -0.39 is 6.10 Å². The first kappa shape index (κ1) is 65.1. The maximum atomic E-state index is 12.9. The lowest BCUT2D eigenvalue weighted by atomic mass is 10.1. The summed E-state index contributed by atoms with van der Waals surface area (Å²) < 4.78 is 17.5. The number of carbonyl (C=O) groups excluding carboxylic acids is 2. The van der Waals surface area contributed by atoms with Crippen molar-refractivity contribution in [2.24, 2.45) is 0 Å². The van der Waals surface area contributed by atoms with Crippen molar-refractivity contribution < 1.29 is 23.8 Å². The summed E-state index contributed by atoms with van der Waals surface area (Å²) in [5.41, 5.74) is 0. The van der Waals surface area contributed by atoms with Crippen molar-refractivity contribution in [2.45, 2.75) is 284 Å². The van der Waals surface area contributed by atoms with Crippen LogP contribution in [0, 0.1) is 0 Å². The summed E-state index contributed by atoms with van der Waals surface area (Å²) >= 11 is 0.